The first-order valence-electron chi connectivity index (χ1n) is 7.77. The first kappa shape index (κ1) is 15.2. The molecule has 22 heavy (non-hydrogen) atoms. The van der Waals surface area contributed by atoms with Crippen molar-refractivity contribution >= 4 is 17.2 Å². The van der Waals surface area contributed by atoms with Gasteiger partial charge < -0.3 is 5.32 Å². The van der Waals surface area contributed by atoms with Crippen LogP contribution >= 0.6 is 11.3 Å². The molecule has 1 aliphatic carbocycles. The Bertz CT molecular complexity index is 688. The summed E-state index contributed by atoms with van der Waals surface area (Å²) >= 11 is 1.80. The highest BCUT2D eigenvalue weighted by Crippen LogP contribution is 2.34. The molecule has 2 aromatic rings. The molecule has 0 saturated heterocycles. The van der Waals surface area contributed by atoms with E-state index in [2.05, 4.69) is 22.3 Å². The van der Waals surface area contributed by atoms with Crippen molar-refractivity contribution in [2.75, 3.05) is 6.54 Å². The third-order valence-corrected chi connectivity index (χ3v) is 5.17. The van der Waals surface area contributed by atoms with Crippen LogP contribution < -0.4 is 5.32 Å². The van der Waals surface area contributed by atoms with Gasteiger partial charge >= 0.3 is 0 Å². The van der Waals surface area contributed by atoms with Gasteiger partial charge in [0.25, 0.3) is 0 Å². The van der Waals surface area contributed by atoms with E-state index in [-0.39, 0.29) is 12.5 Å². The summed E-state index contributed by atoms with van der Waals surface area (Å²) in [4.78, 5) is 18.2. The molecule has 1 amide bonds. The quantitative estimate of drug-likeness (QED) is 0.942. The minimum atomic E-state index is 0.0188. The van der Waals surface area contributed by atoms with Crippen molar-refractivity contribution in [2.24, 2.45) is 0 Å². The number of fused-ring (bicyclic) bond motifs is 1. The second-order valence-electron chi connectivity index (χ2n) is 6.02. The Morgan fingerprint density at radius 3 is 3.00 bits per heavy atom. The number of hydrogen-bond donors (Lipinski definition) is 1. The summed E-state index contributed by atoms with van der Waals surface area (Å²) in [7, 11) is 0. The van der Waals surface area contributed by atoms with Gasteiger partial charge in [-0.2, -0.15) is 5.10 Å². The molecule has 0 fully saturated rings. The van der Waals surface area contributed by atoms with Crippen LogP contribution in [-0.2, 0) is 17.8 Å². The molecule has 1 aliphatic rings. The van der Waals surface area contributed by atoms with Crippen LogP contribution in [0.2, 0.25) is 0 Å². The molecular formula is C16H22N4OS. The summed E-state index contributed by atoms with van der Waals surface area (Å²) in [5, 5.41) is 8.51. The molecule has 1 N–H and O–H groups in total. The van der Waals surface area contributed by atoms with E-state index in [4.69, 9.17) is 0 Å². The van der Waals surface area contributed by atoms with Crippen LogP contribution in [0.4, 0.5) is 0 Å². The maximum Gasteiger partial charge on any atom is 0.241 e. The summed E-state index contributed by atoms with van der Waals surface area (Å²) in [6.45, 7) is 6.93. The number of thiazole rings is 1. The van der Waals surface area contributed by atoms with Crippen molar-refractivity contribution in [3.05, 3.63) is 33.0 Å². The monoisotopic (exact) mass is 318 g/mol. The van der Waals surface area contributed by atoms with E-state index in [1.54, 1.807) is 16.0 Å². The van der Waals surface area contributed by atoms with Gasteiger partial charge in [0.05, 0.1) is 16.4 Å². The summed E-state index contributed by atoms with van der Waals surface area (Å²) in [5.74, 6) is 0.378. The maximum atomic E-state index is 12.1. The molecule has 2 heterocycles. The Morgan fingerprint density at radius 2 is 2.27 bits per heavy atom. The van der Waals surface area contributed by atoms with Gasteiger partial charge in [-0.15, -0.1) is 11.3 Å². The van der Waals surface area contributed by atoms with Gasteiger partial charge in [0.1, 0.15) is 6.54 Å². The highest BCUT2D eigenvalue weighted by Gasteiger charge is 2.24. The fraction of sp³-hybridized carbons (Fsp3) is 0.562. The first-order chi connectivity index (χ1) is 10.5. The van der Waals surface area contributed by atoms with Crippen molar-refractivity contribution in [3.63, 3.8) is 0 Å². The zero-order valence-electron chi connectivity index (χ0n) is 13.3. The van der Waals surface area contributed by atoms with E-state index >= 15 is 0 Å². The van der Waals surface area contributed by atoms with E-state index in [0.29, 0.717) is 12.5 Å². The number of carbonyl (C=O) groups is 1. The number of aromatic nitrogens is 3. The SMILES string of the molecule is Cc1cc(C)n(CC(=O)NC[C@H]2CCCc3sc(C)nc32)n1. The second kappa shape index (κ2) is 6.20. The highest BCUT2D eigenvalue weighted by atomic mass is 32.1. The molecule has 0 saturated carbocycles. The molecule has 118 valence electrons. The molecule has 2 aromatic heterocycles. The smallest absolute Gasteiger partial charge is 0.241 e. The van der Waals surface area contributed by atoms with Gasteiger partial charge in [0.15, 0.2) is 0 Å². The van der Waals surface area contributed by atoms with Gasteiger partial charge in [0.2, 0.25) is 5.91 Å². The number of hydrogen-bond acceptors (Lipinski definition) is 4. The van der Waals surface area contributed by atoms with E-state index in [1.165, 1.54) is 17.0 Å². The standard InChI is InChI=1S/C16H22N4OS/c1-10-7-11(2)20(19-10)9-15(21)17-8-13-5-4-6-14-16(13)18-12(3)22-14/h7,13H,4-6,8-9H2,1-3H3,(H,17,21)/t13-/m1/s1. The predicted octanol–water partition coefficient (Wildman–Crippen LogP) is 2.50. The van der Waals surface area contributed by atoms with Gasteiger partial charge in [-0.05, 0) is 46.1 Å². The van der Waals surface area contributed by atoms with Gasteiger partial charge in [-0.25, -0.2) is 4.98 Å². The molecule has 0 unspecified atom stereocenters. The Kier molecular flexibility index (Phi) is 4.29. The molecule has 6 heteroatoms. The van der Waals surface area contributed by atoms with Crippen LogP contribution in [0.15, 0.2) is 6.07 Å². The predicted molar refractivity (Wildman–Crippen MR) is 87.2 cm³/mol. The van der Waals surface area contributed by atoms with Crippen LogP contribution in [0, 0.1) is 20.8 Å². The fourth-order valence-electron chi connectivity index (χ4n) is 3.09. The van der Waals surface area contributed by atoms with Crippen LogP contribution in [0.5, 0.6) is 0 Å². The number of carbonyl (C=O) groups excluding carboxylic acids is 1. The molecule has 0 bridgehead atoms. The topological polar surface area (TPSA) is 59.8 Å². The lowest BCUT2D eigenvalue weighted by atomic mass is 9.91. The number of aryl methyl sites for hydroxylation is 4. The number of nitrogens with one attached hydrogen (secondary N) is 1. The third kappa shape index (κ3) is 3.21. The lowest BCUT2D eigenvalue weighted by Gasteiger charge is -2.21. The van der Waals surface area contributed by atoms with Crippen molar-refractivity contribution in [2.45, 2.75) is 52.5 Å². The minimum Gasteiger partial charge on any atom is -0.354 e. The average molecular weight is 318 g/mol. The number of rotatable bonds is 4. The maximum absolute atomic E-state index is 12.1. The zero-order chi connectivity index (χ0) is 15.7. The molecule has 3 rings (SSSR count). The highest BCUT2D eigenvalue weighted by molar-refractivity contribution is 7.11. The van der Waals surface area contributed by atoms with Crippen molar-refractivity contribution < 1.29 is 4.79 Å². The van der Waals surface area contributed by atoms with E-state index in [0.717, 1.165) is 29.2 Å². The Balaban J connectivity index is 1.59. The molecule has 1 atom stereocenters. The summed E-state index contributed by atoms with van der Waals surface area (Å²) < 4.78 is 1.75. The van der Waals surface area contributed by atoms with Crippen LogP contribution in [-0.4, -0.2) is 27.2 Å². The molecule has 5 nitrogen and oxygen atoms in total. The molecule has 0 aliphatic heterocycles. The van der Waals surface area contributed by atoms with E-state index < -0.39 is 0 Å². The van der Waals surface area contributed by atoms with Crippen LogP contribution in [0.3, 0.4) is 0 Å². The fourth-order valence-corrected chi connectivity index (χ4v) is 4.16. The van der Waals surface area contributed by atoms with Crippen LogP contribution in [0.1, 0.15) is 45.7 Å². The van der Waals surface area contributed by atoms with Gasteiger partial charge in [-0.3, -0.25) is 9.48 Å². The van der Waals surface area contributed by atoms with Gasteiger partial charge in [-0.1, -0.05) is 0 Å². The lowest BCUT2D eigenvalue weighted by molar-refractivity contribution is -0.121. The van der Waals surface area contributed by atoms with Crippen molar-refractivity contribution in [1.29, 1.82) is 0 Å². The zero-order valence-corrected chi connectivity index (χ0v) is 14.2. The first-order valence-corrected chi connectivity index (χ1v) is 8.58. The van der Waals surface area contributed by atoms with Crippen LogP contribution in [0.25, 0.3) is 0 Å². The second-order valence-corrected chi connectivity index (χ2v) is 7.31. The van der Waals surface area contributed by atoms with E-state index in [9.17, 15) is 4.79 Å². The minimum absolute atomic E-state index is 0.0188. The van der Waals surface area contributed by atoms with Crippen molar-refractivity contribution in [3.8, 4) is 0 Å². The molecule has 0 spiro atoms. The van der Waals surface area contributed by atoms with E-state index in [1.807, 2.05) is 19.9 Å². The number of nitrogens with zero attached hydrogens (tertiary/aromatic N) is 3. The number of amides is 1. The lowest BCUT2D eigenvalue weighted by Crippen LogP contribution is -2.33. The molecular weight excluding hydrogens is 296 g/mol. The van der Waals surface area contributed by atoms with Gasteiger partial charge in [0, 0.05) is 23.0 Å². The largest absolute Gasteiger partial charge is 0.354 e. The Labute approximate surface area is 134 Å². The third-order valence-electron chi connectivity index (χ3n) is 4.12. The molecule has 0 radical (unpaired) electrons. The average Bonchev–Trinajstić information content (AvgIpc) is 2.98. The Hall–Kier alpha value is -1.69. The normalized spacial score (nSPS) is 17.3. The van der Waals surface area contributed by atoms with Crippen molar-refractivity contribution in [1.82, 2.24) is 20.1 Å². The summed E-state index contributed by atoms with van der Waals surface area (Å²) in [6, 6.07) is 1.98. The summed E-state index contributed by atoms with van der Waals surface area (Å²) in [6.07, 6.45) is 3.43. The summed E-state index contributed by atoms with van der Waals surface area (Å²) in [5.41, 5.74) is 3.17. The molecule has 0 aromatic carbocycles. The Morgan fingerprint density at radius 1 is 1.45 bits per heavy atom.